The van der Waals surface area contributed by atoms with E-state index in [-0.39, 0.29) is 6.61 Å². The lowest BCUT2D eigenvalue weighted by Gasteiger charge is -2.06. The van der Waals surface area contributed by atoms with Gasteiger partial charge in [-0.2, -0.15) is 26.3 Å². The molecule has 0 spiro atoms. The van der Waals surface area contributed by atoms with Gasteiger partial charge in [-0.25, -0.2) is 0 Å². The predicted octanol–water partition coefficient (Wildman–Crippen LogP) is 0.140. The van der Waals surface area contributed by atoms with Crippen LogP contribution in [-0.4, -0.2) is 12.6 Å². The maximum atomic E-state index is 11.8. The van der Waals surface area contributed by atoms with E-state index in [1.807, 2.05) is 0 Å². The van der Waals surface area contributed by atoms with Crippen LogP contribution in [0.15, 0.2) is 0 Å². The van der Waals surface area contributed by atoms with Crippen molar-refractivity contribution in [3.8, 4) is 30.3 Å². The molecule has 0 amide bonds. The summed E-state index contributed by atoms with van der Waals surface area (Å²) < 4.78 is 4.61. The molecule has 0 atom stereocenters. The molecule has 0 aromatic carbocycles. The third-order valence-electron chi connectivity index (χ3n) is 3.05. The van der Waals surface area contributed by atoms with Crippen LogP contribution in [0.4, 0.5) is 0 Å². The van der Waals surface area contributed by atoms with Gasteiger partial charge < -0.3 is 4.74 Å². The van der Waals surface area contributed by atoms with E-state index in [1.165, 1.54) is 37.3 Å². The Bertz CT molecular complexity index is 550. The van der Waals surface area contributed by atoms with E-state index in [4.69, 9.17) is 26.3 Å². The number of nitriles is 5. The van der Waals surface area contributed by atoms with Gasteiger partial charge in [0.25, 0.3) is 0 Å². The molecule has 0 radical (unpaired) electrons. The Morgan fingerprint density at radius 3 is 1.56 bits per heavy atom. The highest BCUT2D eigenvalue weighted by Gasteiger charge is 2.98. The molecule has 1 aliphatic carbocycles. The second kappa shape index (κ2) is 3.74. The third kappa shape index (κ3) is 0.871. The first-order valence-electron chi connectivity index (χ1n) is 4.77. The summed E-state index contributed by atoms with van der Waals surface area (Å²) in [6.45, 7) is 1.37. The zero-order valence-electron chi connectivity index (χ0n) is 9.26. The predicted molar refractivity (Wildman–Crippen MR) is 52.0 cm³/mol. The second-order valence-corrected chi connectivity index (χ2v) is 3.53. The lowest BCUT2D eigenvalue weighted by Crippen LogP contribution is -2.25. The molecule has 0 bridgehead atoms. The first kappa shape index (κ1) is 13.0. The molecule has 0 aromatic heterocycles. The van der Waals surface area contributed by atoms with Gasteiger partial charge in [0.1, 0.15) is 0 Å². The Morgan fingerprint density at radius 2 is 1.33 bits per heavy atom. The van der Waals surface area contributed by atoms with Crippen LogP contribution in [0.25, 0.3) is 0 Å². The highest BCUT2D eigenvalue weighted by atomic mass is 16.5. The normalized spacial score (nSPS) is 19.8. The van der Waals surface area contributed by atoms with Crippen molar-refractivity contribution in [2.24, 2.45) is 16.2 Å². The fourth-order valence-corrected chi connectivity index (χ4v) is 2.04. The molecule has 0 aromatic rings. The minimum Gasteiger partial charge on any atom is -0.465 e. The number of carbonyl (C=O) groups is 1. The average Bonchev–Trinajstić information content (AvgIpc) is 2.96. The molecular weight excluding hydrogens is 234 g/mol. The van der Waals surface area contributed by atoms with E-state index < -0.39 is 22.2 Å². The van der Waals surface area contributed by atoms with E-state index in [0.29, 0.717) is 0 Å². The van der Waals surface area contributed by atoms with E-state index >= 15 is 0 Å². The molecule has 7 heteroatoms. The van der Waals surface area contributed by atoms with Crippen molar-refractivity contribution in [1.29, 1.82) is 26.3 Å². The summed E-state index contributed by atoms with van der Waals surface area (Å²) in [6.07, 6.45) is 0. The molecule has 0 N–H and O–H groups in total. The summed E-state index contributed by atoms with van der Waals surface area (Å²) in [5.74, 6) is -1.20. The molecule has 18 heavy (non-hydrogen) atoms. The zero-order valence-corrected chi connectivity index (χ0v) is 9.26. The standard InChI is InChI=1S/C11H5N5O2/c1-2-18-8(17)11(7-16)9(3-12,4-13)10(11,5-14)6-15/h2H2,1H3. The number of hydrogen-bond donors (Lipinski definition) is 0. The monoisotopic (exact) mass is 239 g/mol. The van der Waals surface area contributed by atoms with Crippen molar-refractivity contribution in [2.45, 2.75) is 6.92 Å². The number of rotatable bonds is 2. The largest absolute Gasteiger partial charge is 0.465 e. The van der Waals surface area contributed by atoms with Gasteiger partial charge in [-0.1, -0.05) is 0 Å². The van der Waals surface area contributed by atoms with Gasteiger partial charge in [0, 0.05) is 0 Å². The topological polar surface area (TPSA) is 145 Å². The molecule has 0 aliphatic heterocycles. The van der Waals surface area contributed by atoms with Crippen molar-refractivity contribution < 1.29 is 9.53 Å². The Kier molecular flexibility index (Phi) is 2.70. The average molecular weight is 239 g/mol. The molecule has 1 saturated carbocycles. The Balaban J connectivity index is 3.61. The molecule has 0 heterocycles. The fourth-order valence-electron chi connectivity index (χ4n) is 2.04. The maximum absolute atomic E-state index is 11.8. The van der Waals surface area contributed by atoms with Gasteiger partial charge in [-0.15, -0.1) is 0 Å². The van der Waals surface area contributed by atoms with Gasteiger partial charge in [0.2, 0.25) is 16.2 Å². The number of nitrogens with zero attached hydrogens (tertiary/aromatic N) is 5. The molecule has 0 unspecified atom stereocenters. The van der Waals surface area contributed by atoms with Crippen LogP contribution in [0.3, 0.4) is 0 Å². The maximum Gasteiger partial charge on any atom is 0.332 e. The van der Waals surface area contributed by atoms with Crippen LogP contribution in [0, 0.1) is 72.9 Å². The van der Waals surface area contributed by atoms with E-state index in [1.54, 1.807) is 0 Å². The van der Waals surface area contributed by atoms with Crippen LogP contribution in [0.2, 0.25) is 0 Å². The lowest BCUT2D eigenvalue weighted by molar-refractivity contribution is -0.148. The first-order valence-corrected chi connectivity index (χ1v) is 4.77. The molecule has 0 saturated heterocycles. The fraction of sp³-hybridized carbons (Fsp3) is 0.455. The lowest BCUT2D eigenvalue weighted by atomic mass is 9.96. The Morgan fingerprint density at radius 1 is 0.944 bits per heavy atom. The van der Waals surface area contributed by atoms with Gasteiger partial charge in [0.15, 0.2) is 0 Å². The highest BCUT2D eigenvalue weighted by Crippen LogP contribution is 2.77. The van der Waals surface area contributed by atoms with Gasteiger partial charge in [-0.3, -0.25) is 4.79 Å². The summed E-state index contributed by atoms with van der Waals surface area (Å²) in [5, 5.41) is 45.1. The SMILES string of the molecule is CCOC(=O)C1(C#N)C(C#N)(C#N)C1(C#N)C#N. The molecular formula is C11H5N5O2. The van der Waals surface area contributed by atoms with Crippen molar-refractivity contribution in [1.82, 2.24) is 0 Å². The van der Waals surface area contributed by atoms with E-state index in [2.05, 4.69) is 4.74 Å². The minimum absolute atomic E-state index is 0.0951. The van der Waals surface area contributed by atoms with Gasteiger partial charge in [-0.05, 0) is 6.92 Å². The van der Waals surface area contributed by atoms with Crippen LogP contribution in [0.1, 0.15) is 6.92 Å². The summed E-state index contributed by atoms with van der Waals surface area (Å²) in [4.78, 5) is 11.8. The van der Waals surface area contributed by atoms with Crippen molar-refractivity contribution >= 4 is 5.97 Å². The molecule has 1 aliphatic rings. The Hall–Kier alpha value is -3.08. The molecule has 86 valence electrons. The van der Waals surface area contributed by atoms with Crippen molar-refractivity contribution in [3.63, 3.8) is 0 Å². The van der Waals surface area contributed by atoms with Crippen molar-refractivity contribution in [2.75, 3.05) is 6.61 Å². The Labute approximate surface area is 103 Å². The summed E-state index contributed by atoms with van der Waals surface area (Å²) in [6, 6.07) is 7.24. The smallest absolute Gasteiger partial charge is 0.332 e. The third-order valence-corrected chi connectivity index (χ3v) is 3.05. The van der Waals surface area contributed by atoms with Crippen LogP contribution >= 0.6 is 0 Å². The summed E-state index contributed by atoms with van der Waals surface area (Å²) >= 11 is 0. The van der Waals surface area contributed by atoms with E-state index in [9.17, 15) is 4.79 Å². The molecule has 7 nitrogen and oxygen atoms in total. The summed E-state index contributed by atoms with van der Waals surface area (Å²) in [7, 11) is 0. The molecule has 1 rings (SSSR count). The first-order chi connectivity index (χ1) is 8.53. The molecule has 1 fully saturated rings. The van der Waals surface area contributed by atoms with E-state index in [0.717, 1.165) is 0 Å². The summed E-state index contributed by atoms with van der Waals surface area (Å²) in [5.41, 5.74) is -7.00. The van der Waals surface area contributed by atoms with Gasteiger partial charge in [0.05, 0.1) is 37.0 Å². The number of esters is 1. The number of hydrogen-bond acceptors (Lipinski definition) is 7. The number of carbonyl (C=O) groups excluding carboxylic acids is 1. The van der Waals surface area contributed by atoms with Crippen LogP contribution < -0.4 is 0 Å². The second-order valence-electron chi connectivity index (χ2n) is 3.53. The van der Waals surface area contributed by atoms with Crippen LogP contribution in [-0.2, 0) is 9.53 Å². The quantitative estimate of drug-likeness (QED) is 0.622. The minimum atomic E-state index is -2.37. The number of ether oxygens (including phenoxy) is 1. The zero-order chi connectivity index (χ0) is 14.0. The van der Waals surface area contributed by atoms with Crippen LogP contribution in [0.5, 0.6) is 0 Å². The highest BCUT2D eigenvalue weighted by molar-refractivity contribution is 5.93. The van der Waals surface area contributed by atoms with Crippen molar-refractivity contribution in [3.05, 3.63) is 0 Å². The van der Waals surface area contributed by atoms with Gasteiger partial charge >= 0.3 is 5.97 Å².